The van der Waals surface area contributed by atoms with E-state index in [0.717, 1.165) is 6.54 Å². The van der Waals surface area contributed by atoms with Gasteiger partial charge < -0.3 is 5.73 Å². The van der Waals surface area contributed by atoms with Gasteiger partial charge >= 0.3 is 0 Å². The van der Waals surface area contributed by atoms with E-state index in [9.17, 15) is 4.79 Å². The average molecular weight is 230 g/mol. The molecule has 0 radical (unpaired) electrons. The van der Waals surface area contributed by atoms with E-state index in [1.54, 1.807) is 35.4 Å². The van der Waals surface area contributed by atoms with Gasteiger partial charge in [0.05, 0.1) is 17.5 Å². The highest BCUT2D eigenvalue weighted by atomic mass is 16.1. The predicted octanol–water partition coefficient (Wildman–Crippen LogP) is 0.988. The third kappa shape index (κ3) is 2.39. The SMILES string of the molecule is CCn1cc(C(=O)c2ccnc(CN)c2)cn1. The van der Waals surface area contributed by atoms with E-state index < -0.39 is 0 Å². The lowest BCUT2D eigenvalue weighted by Gasteiger charge is -2.00. The summed E-state index contributed by atoms with van der Waals surface area (Å²) < 4.78 is 1.72. The van der Waals surface area contributed by atoms with Gasteiger partial charge in [-0.2, -0.15) is 5.10 Å². The molecule has 5 heteroatoms. The summed E-state index contributed by atoms with van der Waals surface area (Å²) in [6.45, 7) is 3.05. The minimum atomic E-state index is -0.0539. The van der Waals surface area contributed by atoms with Crippen molar-refractivity contribution >= 4 is 5.78 Å². The Morgan fingerprint density at radius 1 is 1.47 bits per heavy atom. The van der Waals surface area contributed by atoms with Crippen LogP contribution in [-0.4, -0.2) is 20.5 Å². The zero-order valence-electron chi connectivity index (χ0n) is 9.63. The fourth-order valence-corrected chi connectivity index (χ4v) is 1.55. The zero-order chi connectivity index (χ0) is 12.3. The number of nitrogens with zero attached hydrogens (tertiary/aromatic N) is 3. The van der Waals surface area contributed by atoms with Crippen LogP contribution in [0.2, 0.25) is 0 Å². The number of pyridine rings is 1. The molecule has 0 atom stereocenters. The van der Waals surface area contributed by atoms with Crippen molar-refractivity contribution in [3.05, 3.63) is 47.5 Å². The third-order valence-electron chi connectivity index (χ3n) is 2.51. The molecule has 0 aliphatic rings. The summed E-state index contributed by atoms with van der Waals surface area (Å²) in [5.74, 6) is -0.0539. The predicted molar refractivity (Wildman–Crippen MR) is 63.5 cm³/mol. The van der Waals surface area contributed by atoms with Gasteiger partial charge in [-0.05, 0) is 19.1 Å². The van der Waals surface area contributed by atoms with Gasteiger partial charge in [0.1, 0.15) is 0 Å². The fraction of sp³-hybridized carbons (Fsp3) is 0.250. The smallest absolute Gasteiger partial charge is 0.196 e. The molecule has 88 valence electrons. The van der Waals surface area contributed by atoms with Gasteiger partial charge in [0, 0.05) is 31.0 Å². The van der Waals surface area contributed by atoms with Crippen LogP contribution in [-0.2, 0) is 13.1 Å². The van der Waals surface area contributed by atoms with Crippen LogP contribution in [0.25, 0.3) is 0 Å². The van der Waals surface area contributed by atoms with Crippen molar-refractivity contribution in [1.82, 2.24) is 14.8 Å². The molecule has 2 aromatic rings. The number of carbonyl (C=O) groups excluding carboxylic acids is 1. The maximum Gasteiger partial charge on any atom is 0.196 e. The number of aromatic nitrogens is 3. The van der Waals surface area contributed by atoms with Crippen LogP contribution >= 0.6 is 0 Å². The minimum absolute atomic E-state index is 0.0539. The minimum Gasteiger partial charge on any atom is -0.325 e. The van der Waals surface area contributed by atoms with Crippen LogP contribution in [0.4, 0.5) is 0 Å². The number of aryl methyl sites for hydroxylation is 1. The molecule has 0 fully saturated rings. The number of nitrogens with two attached hydrogens (primary N) is 1. The average Bonchev–Trinajstić information content (AvgIpc) is 2.86. The first-order valence-corrected chi connectivity index (χ1v) is 5.46. The van der Waals surface area contributed by atoms with Crippen molar-refractivity contribution in [3.8, 4) is 0 Å². The molecule has 2 rings (SSSR count). The molecule has 2 N–H and O–H groups in total. The largest absolute Gasteiger partial charge is 0.325 e. The van der Waals surface area contributed by atoms with Crippen LogP contribution in [0.1, 0.15) is 28.5 Å². The summed E-state index contributed by atoms with van der Waals surface area (Å²) in [7, 11) is 0. The highest BCUT2D eigenvalue weighted by Crippen LogP contribution is 2.09. The molecule has 0 saturated carbocycles. The molecule has 0 aliphatic carbocycles. The van der Waals surface area contributed by atoms with Crippen molar-refractivity contribution in [2.45, 2.75) is 20.0 Å². The van der Waals surface area contributed by atoms with E-state index in [-0.39, 0.29) is 5.78 Å². The van der Waals surface area contributed by atoms with E-state index in [1.807, 2.05) is 6.92 Å². The lowest BCUT2D eigenvalue weighted by molar-refractivity contribution is 0.103. The molecule has 5 nitrogen and oxygen atoms in total. The topological polar surface area (TPSA) is 73.8 Å². The Morgan fingerprint density at radius 3 is 2.94 bits per heavy atom. The maximum absolute atomic E-state index is 12.1. The molecule has 0 unspecified atom stereocenters. The van der Waals surface area contributed by atoms with Gasteiger partial charge in [-0.1, -0.05) is 0 Å². The summed E-state index contributed by atoms with van der Waals surface area (Å²) in [6.07, 6.45) is 4.92. The lowest BCUT2D eigenvalue weighted by Crippen LogP contribution is -2.05. The Balaban J connectivity index is 2.29. The van der Waals surface area contributed by atoms with E-state index in [1.165, 1.54) is 0 Å². The highest BCUT2D eigenvalue weighted by molar-refractivity contribution is 6.08. The molecule has 0 saturated heterocycles. The maximum atomic E-state index is 12.1. The van der Waals surface area contributed by atoms with E-state index in [4.69, 9.17) is 5.73 Å². The quantitative estimate of drug-likeness (QED) is 0.795. The van der Waals surface area contributed by atoms with Crippen molar-refractivity contribution in [2.75, 3.05) is 0 Å². The van der Waals surface area contributed by atoms with Gasteiger partial charge in [-0.25, -0.2) is 0 Å². The zero-order valence-corrected chi connectivity index (χ0v) is 9.63. The van der Waals surface area contributed by atoms with E-state index in [2.05, 4.69) is 10.1 Å². The van der Waals surface area contributed by atoms with Gasteiger partial charge in [-0.3, -0.25) is 14.5 Å². The molecule has 2 aromatic heterocycles. The number of rotatable bonds is 4. The first-order chi connectivity index (χ1) is 8.24. The first-order valence-electron chi connectivity index (χ1n) is 5.46. The van der Waals surface area contributed by atoms with Gasteiger partial charge in [0.2, 0.25) is 0 Å². The summed E-state index contributed by atoms with van der Waals surface area (Å²) >= 11 is 0. The van der Waals surface area contributed by atoms with Crippen LogP contribution in [0, 0.1) is 0 Å². The first kappa shape index (κ1) is 11.5. The molecule has 2 heterocycles. The second-order valence-corrected chi connectivity index (χ2v) is 3.65. The standard InChI is InChI=1S/C12H14N4O/c1-2-16-8-10(7-15-16)12(17)9-3-4-14-11(5-9)6-13/h3-5,7-8H,2,6,13H2,1H3. The fourth-order valence-electron chi connectivity index (χ4n) is 1.55. The van der Waals surface area contributed by atoms with Crippen molar-refractivity contribution < 1.29 is 4.79 Å². The molecule has 17 heavy (non-hydrogen) atoms. The third-order valence-corrected chi connectivity index (χ3v) is 2.51. The number of ketones is 1. The Labute approximate surface area is 99.3 Å². The normalized spacial score (nSPS) is 10.5. The summed E-state index contributed by atoms with van der Waals surface area (Å²) in [6, 6.07) is 3.40. The van der Waals surface area contributed by atoms with Crippen molar-refractivity contribution in [1.29, 1.82) is 0 Å². The van der Waals surface area contributed by atoms with Crippen LogP contribution in [0.3, 0.4) is 0 Å². The second-order valence-electron chi connectivity index (χ2n) is 3.65. The van der Waals surface area contributed by atoms with Crippen molar-refractivity contribution in [2.24, 2.45) is 5.73 Å². The number of hydrogen-bond acceptors (Lipinski definition) is 4. The second kappa shape index (κ2) is 4.88. The Bertz CT molecular complexity index is 533. The monoisotopic (exact) mass is 230 g/mol. The summed E-state index contributed by atoms with van der Waals surface area (Å²) in [5, 5.41) is 4.08. The molecular formula is C12H14N4O. The molecule has 0 amide bonds. The summed E-state index contributed by atoms with van der Waals surface area (Å²) in [4.78, 5) is 16.2. The molecule has 0 aromatic carbocycles. The molecular weight excluding hydrogens is 216 g/mol. The van der Waals surface area contributed by atoms with E-state index in [0.29, 0.717) is 23.4 Å². The lowest BCUT2D eigenvalue weighted by atomic mass is 10.1. The molecule has 0 aliphatic heterocycles. The van der Waals surface area contributed by atoms with Crippen LogP contribution < -0.4 is 5.73 Å². The van der Waals surface area contributed by atoms with E-state index >= 15 is 0 Å². The van der Waals surface area contributed by atoms with Crippen molar-refractivity contribution in [3.63, 3.8) is 0 Å². The summed E-state index contributed by atoms with van der Waals surface area (Å²) in [5.41, 5.74) is 7.38. The Kier molecular flexibility index (Phi) is 3.30. The van der Waals surface area contributed by atoms with Crippen LogP contribution in [0.5, 0.6) is 0 Å². The Hall–Kier alpha value is -2.01. The number of hydrogen-bond donors (Lipinski definition) is 1. The highest BCUT2D eigenvalue weighted by Gasteiger charge is 2.11. The number of carbonyl (C=O) groups is 1. The molecule has 0 bridgehead atoms. The molecule has 0 spiro atoms. The Morgan fingerprint density at radius 2 is 2.29 bits per heavy atom. The van der Waals surface area contributed by atoms with Gasteiger partial charge in [-0.15, -0.1) is 0 Å². The van der Waals surface area contributed by atoms with Crippen LogP contribution in [0.15, 0.2) is 30.7 Å². The van der Waals surface area contributed by atoms with Gasteiger partial charge in [0.15, 0.2) is 5.78 Å². The van der Waals surface area contributed by atoms with Gasteiger partial charge in [0.25, 0.3) is 0 Å².